The van der Waals surface area contributed by atoms with E-state index in [9.17, 15) is 5.21 Å². The number of hydrogen-bond acceptors (Lipinski definition) is 2. The third kappa shape index (κ3) is 0.518. The minimum absolute atomic E-state index is 0.155. The summed E-state index contributed by atoms with van der Waals surface area (Å²) in [7, 11) is 0. The lowest BCUT2D eigenvalue weighted by Crippen LogP contribution is -2.52. The maximum absolute atomic E-state index is 9.95. The van der Waals surface area contributed by atoms with Crippen LogP contribution in [0.5, 0.6) is 0 Å². The summed E-state index contributed by atoms with van der Waals surface area (Å²) < 4.78 is 0. The van der Waals surface area contributed by atoms with Crippen LogP contribution in [-0.4, -0.2) is 24.2 Å². The van der Waals surface area contributed by atoms with Crippen molar-refractivity contribution in [3.05, 3.63) is 0 Å². The molecule has 3 heteroatoms. The van der Waals surface area contributed by atoms with Gasteiger partial charge in [-0.2, -0.15) is 5.06 Å². The van der Waals surface area contributed by atoms with Crippen molar-refractivity contribution in [2.45, 2.75) is 6.04 Å². The van der Waals surface area contributed by atoms with Gasteiger partial charge in [-0.1, -0.05) is 0 Å². The lowest BCUT2D eigenvalue weighted by molar-refractivity contribution is -0.204. The van der Waals surface area contributed by atoms with Crippen LogP contribution in [0, 0.1) is 0 Å². The maximum Gasteiger partial charge on any atom is 0.0437 e. The van der Waals surface area contributed by atoms with E-state index in [4.69, 9.17) is 5.73 Å². The molecule has 1 aliphatic rings. The van der Waals surface area contributed by atoms with Crippen LogP contribution < -0.4 is 5.73 Å². The first-order chi connectivity index (χ1) is 2.79. The van der Waals surface area contributed by atoms with Crippen LogP contribution in [0.25, 0.3) is 0 Å². The number of rotatable bonds is 0. The third-order valence-electron chi connectivity index (χ3n) is 0.876. The molecule has 1 aliphatic heterocycles. The molecule has 1 saturated heterocycles. The zero-order valence-electron chi connectivity index (χ0n) is 3.42. The summed E-state index contributed by atoms with van der Waals surface area (Å²) >= 11 is 0. The van der Waals surface area contributed by atoms with Gasteiger partial charge in [-0.25, -0.2) is 0 Å². The van der Waals surface area contributed by atoms with Crippen LogP contribution in [0.1, 0.15) is 0 Å². The highest BCUT2D eigenvalue weighted by molar-refractivity contribution is 4.75. The van der Waals surface area contributed by atoms with Crippen LogP contribution in [0.4, 0.5) is 0 Å². The number of nitrogens with zero attached hydrogens (tertiary/aromatic N) is 1. The topological polar surface area (TPSA) is 49.2 Å². The molecule has 35 valence electrons. The van der Waals surface area contributed by atoms with E-state index < -0.39 is 0 Å². The fraction of sp³-hybridized carbons (Fsp3) is 1.00. The second kappa shape index (κ2) is 1.18. The Hall–Kier alpha value is -0.120. The minimum atomic E-state index is 0.155. The summed E-state index contributed by atoms with van der Waals surface area (Å²) in [6, 6.07) is 0.155. The summed E-state index contributed by atoms with van der Waals surface area (Å²) in [6.45, 7) is 1.06. The summed E-state index contributed by atoms with van der Waals surface area (Å²) in [6.07, 6.45) is 0. The zero-order valence-corrected chi connectivity index (χ0v) is 3.42. The van der Waals surface area contributed by atoms with Gasteiger partial charge in [0.15, 0.2) is 0 Å². The Morgan fingerprint density at radius 2 is 2.17 bits per heavy atom. The van der Waals surface area contributed by atoms with Gasteiger partial charge in [-0.05, 0) is 0 Å². The lowest BCUT2D eigenvalue weighted by atomic mass is 10.2. The molecule has 1 fully saturated rings. The summed E-state index contributed by atoms with van der Waals surface area (Å²) in [5.74, 6) is 0. The quantitative estimate of drug-likeness (QED) is 0.411. The second-order valence-corrected chi connectivity index (χ2v) is 1.61. The van der Waals surface area contributed by atoms with Crippen molar-refractivity contribution in [1.29, 1.82) is 0 Å². The fourth-order valence-corrected chi connectivity index (χ4v) is 0.470. The molecule has 0 saturated carbocycles. The van der Waals surface area contributed by atoms with Gasteiger partial charge >= 0.3 is 0 Å². The van der Waals surface area contributed by atoms with Crippen LogP contribution in [0.2, 0.25) is 0 Å². The molecule has 0 aromatic rings. The van der Waals surface area contributed by atoms with Crippen molar-refractivity contribution in [3.8, 4) is 0 Å². The minimum Gasteiger partial charge on any atom is -0.325 e. The van der Waals surface area contributed by atoms with Crippen LogP contribution >= 0.6 is 0 Å². The molecule has 6 heavy (non-hydrogen) atoms. The molecule has 1 heterocycles. The number of hydroxylamine groups is 2. The Balaban J connectivity index is 2.11. The standard InChI is InChI=1S/C3H7N2O/c4-3-1-5(6)2-3/h3H,1-2,4H2. The third-order valence-corrected chi connectivity index (χ3v) is 0.876. The average molecular weight is 87.1 g/mol. The molecule has 0 unspecified atom stereocenters. The van der Waals surface area contributed by atoms with Crippen LogP contribution in [0.3, 0.4) is 0 Å². The van der Waals surface area contributed by atoms with E-state index in [1.165, 1.54) is 0 Å². The Labute approximate surface area is 36.3 Å². The Kier molecular flexibility index (Phi) is 0.799. The van der Waals surface area contributed by atoms with Gasteiger partial charge in [-0.15, -0.1) is 5.21 Å². The molecule has 0 aromatic heterocycles. The molecule has 2 N–H and O–H groups in total. The second-order valence-electron chi connectivity index (χ2n) is 1.61. The zero-order chi connectivity index (χ0) is 4.57. The predicted octanol–water partition coefficient (Wildman–Crippen LogP) is -1.03. The summed E-state index contributed by atoms with van der Waals surface area (Å²) in [5, 5.41) is 10.9. The van der Waals surface area contributed by atoms with Crippen molar-refractivity contribution < 1.29 is 5.21 Å². The van der Waals surface area contributed by atoms with Gasteiger partial charge in [-0.3, -0.25) is 0 Å². The van der Waals surface area contributed by atoms with E-state index in [1.807, 2.05) is 0 Å². The highest BCUT2D eigenvalue weighted by atomic mass is 16.5. The van der Waals surface area contributed by atoms with Crippen molar-refractivity contribution in [2.24, 2.45) is 5.73 Å². The molecule has 0 bridgehead atoms. The molecule has 1 radical (unpaired) electrons. The van der Waals surface area contributed by atoms with E-state index in [0.717, 1.165) is 5.06 Å². The van der Waals surface area contributed by atoms with E-state index >= 15 is 0 Å². The van der Waals surface area contributed by atoms with E-state index in [-0.39, 0.29) is 6.04 Å². The first-order valence-corrected chi connectivity index (χ1v) is 1.96. The fourth-order valence-electron chi connectivity index (χ4n) is 0.470. The van der Waals surface area contributed by atoms with Crippen LogP contribution in [0.15, 0.2) is 0 Å². The molecule has 0 aromatic carbocycles. The van der Waals surface area contributed by atoms with Gasteiger partial charge in [0.05, 0.1) is 0 Å². The van der Waals surface area contributed by atoms with Crippen molar-refractivity contribution >= 4 is 0 Å². The molecule has 0 amide bonds. The van der Waals surface area contributed by atoms with Gasteiger partial charge in [0.2, 0.25) is 0 Å². The lowest BCUT2D eigenvalue weighted by Gasteiger charge is -2.27. The SMILES string of the molecule is NC1CN([O])C1. The first kappa shape index (κ1) is 4.05. The molecular weight excluding hydrogens is 80.0 g/mol. The number of hydrogen-bond donors (Lipinski definition) is 1. The molecular formula is C3H7N2O. The Morgan fingerprint density at radius 3 is 2.17 bits per heavy atom. The molecule has 0 aliphatic carbocycles. The van der Waals surface area contributed by atoms with Crippen LogP contribution in [-0.2, 0) is 5.21 Å². The smallest absolute Gasteiger partial charge is 0.0437 e. The normalized spacial score (nSPS) is 27.0. The highest BCUT2D eigenvalue weighted by Crippen LogP contribution is 1.98. The summed E-state index contributed by atoms with van der Waals surface area (Å²) in [4.78, 5) is 0. The first-order valence-electron chi connectivity index (χ1n) is 1.96. The maximum atomic E-state index is 9.95. The van der Waals surface area contributed by atoms with E-state index in [1.54, 1.807) is 0 Å². The van der Waals surface area contributed by atoms with Crippen molar-refractivity contribution in [1.82, 2.24) is 5.06 Å². The number of nitrogens with two attached hydrogens (primary N) is 1. The monoisotopic (exact) mass is 87.1 g/mol. The molecule has 0 spiro atoms. The van der Waals surface area contributed by atoms with Crippen molar-refractivity contribution in [2.75, 3.05) is 13.1 Å². The largest absolute Gasteiger partial charge is 0.325 e. The Morgan fingerprint density at radius 1 is 1.67 bits per heavy atom. The van der Waals surface area contributed by atoms with Gasteiger partial charge < -0.3 is 5.73 Å². The average Bonchev–Trinajstić information content (AvgIpc) is 1.33. The molecule has 1 rings (SSSR count). The molecule has 0 atom stereocenters. The summed E-state index contributed by atoms with van der Waals surface area (Å²) in [5.41, 5.74) is 5.23. The van der Waals surface area contributed by atoms with E-state index in [0.29, 0.717) is 13.1 Å². The Bertz CT molecular complexity index is 44.8. The van der Waals surface area contributed by atoms with Gasteiger partial charge in [0.25, 0.3) is 0 Å². The van der Waals surface area contributed by atoms with E-state index in [2.05, 4.69) is 0 Å². The molecule has 3 nitrogen and oxygen atoms in total. The van der Waals surface area contributed by atoms with Gasteiger partial charge in [0, 0.05) is 19.1 Å². The predicted molar refractivity (Wildman–Crippen MR) is 20.2 cm³/mol. The van der Waals surface area contributed by atoms with Crippen molar-refractivity contribution in [3.63, 3.8) is 0 Å². The highest BCUT2D eigenvalue weighted by Gasteiger charge is 2.21. The van der Waals surface area contributed by atoms with Gasteiger partial charge in [0.1, 0.15) is 0 Å².